The first-order valence-corrected chi connectivity index (χ1v) is 9.47. The minimum Gasteiger partial charge on any atom is -0.393 e. The van der Waals surface area contributed by atoms with Crippen molar-refractivity contribution in [2.75, 3.05) is 6.61 Å². The summed E-state index contributed by atoms with van der Waals surface area (Å²) in [7, 11) is 0. The second-order valence-electron chi connectivity index (χ2n) is 9.34. The number of allylic oxidation sites excluding steroid dienone is 2. The molecule has 0 radical (unpaired) electrons. The smallest absolute Gasteiger partial charge is 0.248 e. The molecule has 5 rings (SSSR count). The van der Waals surface area contributed by atoms with Gasteiger partial charge in [0.1, 0.15) is 0 Å². The third-order valence-electron chi connectivity index (χ3n) is 8.39. The lowest BCUT2D eigenvalue weighted by molar-refractivity contribution is -0.115. The Morgan fingerprint density at radius 3 is 2.96 bits per heavy atom. The molecule has 5 aliphatic rings. The fraction of sp³-hybridized carbons (Fsp3) is 0.750. The van der Waals surface area contributed by atoms with E-state index in [4.69, 9.17) is 0 Å². The maximum Gasteiger partial charge on any atom is 0.248 e. The van der Waals surface area contributed by atoms with E-state index >= 15 is 0 Å². The van der Waals surface area contributed by atoms with Crippen LogP contribution in [0.25, 0.3) is 0 Å². The maximum atomic E-state index is 11.8. The lowest BCUT2D eigenvalue weighted by atomic mass is 9.45. The molecule has 130 valence electrons. The van der Waals surface area contributed by atoms with E-state index in [0.29, 0.717) is 11.8 Å². The quantitative estimate of drug-likeness (QED) is 0.691. The van der Waals surface area contributed by atoms with Crippen LogP contribution in [-0.2, 0) is 4.79 Å². The average Bonchev–Trinajstić information content (AvgIpc) is 3.02. The molecule has 6 atom stereocenters. The van der Waals surface area contributed by atoms with E-state index in [0.717, 1.165) is 50.6 Å². The van der Waals surface area contributed by atoms with E-state index in [-0.39, 0.29) is 29.3 Å². The zero-order valence-corrected chi connectivity index (χ0v) is 14.3. The molecule has 2 bridgehead atoms. The van der Waals surface area contributed by atoms with Gasteiger partial charge in [-0.05, 0) is 79.1 Å². The van der Waals surface area contributed by atoms with E-state index < -0.39 is 5.60 Å². The molecule has 6 unspecified atom stereocenters. The molecule has 4 nitrogen and oxygen atoms in total. The Balaban J connectivity index is 1.56. The van der Waals surface area contributed by atoms with Crippen LogP contribution >= 0.6 is 0 Å². The fourth-order valence-corrected chi connectivity index (χ4v) is 7.43. The number of rotatable bonds is 1. The molecule has 0 aromatic carbocycles. The Morgan fingerprint density at radius 1 is 1.33 bits per heavy atom. The Labute approximate surface area is 143 Å². The predicted octanol–water partition coefficient (Wildman–Crippen LogP) is 2.28. The Morgan fingerprint density at radius 2 is 2.17 bits per heavy atom. The highest BCUT2D eigenvalue weighted by Gasteiger charge is 2.65. The molecule has 1 heterocycles. The number of aliphatic hydroxyl groups excluding tert-OH is 1. The van der Waals surface area contributed by atoms with Crippen molar-refractivity contribution in [3.63, 3.8) is 0 Å². The molecule has 4 heteroatoms. The third kappa shape index (κ3) is 1.69. The van der Waals surface area contributed by atoms with E-state index in [9.17, 15) is 15.0 Å². The van der Waals surface area contributed by atoms with E-state index in [1.165, 1.54) is 5.57 Å². The summed E-state index contributed by atoms with van der Waals surface area (Å²) < 4.78 is 0. The zero-order chi connectivity index (χ0) is 16.7. The average molecular weight is 329 g/mol. The van der Waals surface area contributed by atoms with Crippen molar-refractivity contribution in [3.8, 4) is 0 Å². The second-order valence-corrected chi connectivity index (χ2v) is 9.34. The molecule has 4 aliphatic carbocycles. The van der Waals surface area contributed by atoms with Crippen LogP contribution in [0.3, 0.4) is 0 Å². The van der Waals surface area contributed by atoms with Gasteiger partial charge in [-0.2, -0.15) is 0 Å². The topological polar surface area (TPSA) is 69.6 Å². The highest BCUT2D eigenvalue weighted by Crippen LogP contribution is 2.71. The van der Waals surface area contributed by atoms with Crippen molar-refractivity contribution >= 4 is 5.91 Å². The van der Waals surface area contributed by atoms with Crippen molar-refractivity contribution in [2.45, 2.75) is 57.5 Å². The summed E-state index contributed by atoms with van der Waals surface area (Å²) in [5.74, 6) is 1.32. The van der Waals surface area contributed by atoms with Gasteiger partial charge in [0.25, 0.3) is 0 Å². The first-order valence-electron chi connectivity index (χ1n) is 9.47. The number of hydrogen-bond acceptors (Lipinski definition) is 3. The van der Waals surface area contributed by atoms with Crippen LogP contribution in [0, 0.1) is 28.6 Å². The maximum absolute atomic E-state index is 11.8. The first-order chi connectivity index (χ1) is 11.4. The van der Waals surface area contributed by atoms with E-state index in [2.05, 4.69) is 18.3 Å². The van der Waals surface area contributed by atoms with Gasteiger partial charge in [-0.25, -0.2) is 0 Å². The Bertz CT molecular complexity index is 682. The highest BCUT2D eigenvalue weighted by molar-refractivity contribution is 5.95. The minimum atomic E-state index is -0.863. The molecule has 1 amide bonds. The first kappa shape index (κ1) is 15.2. The zero-order valence-electron chi connectivity index (χ0n) is 14.3. The SMILES string of the molecule is CC12CC=C3NC(=O)C=C3C1CCC13CC(CCC12)C(O)(CO)C3. The summed E-state index contributed by atoms with van der Waals surface area (Å²) in [6.45, 7) is 2.32. The van der Waals surface area contributed by atoms with Crippen molar-refractivity contribution in [1.82, 2.24) is 5.32 Å². The molecule has 3 N–H and O–H groups in total. The molecule has 1 aliphatic heterocycles. The number of amides is 1. The number of nitrogens with one attached hydrogen (secondary N) is 1. The van der Waals surface area contributed by atoms with Crippen LogP contribution in [0.2, 0.25) is 0 Å². The van der Waals surface area contributed by atoms with Crippen molar-refractivity contribution in [3.05, 3.63) is 23.4 Å². The second kappa shape index (κ2) is 4.53. The standard InChI is InChI=1S/C20H27NO3/c1-18-6-5-15-13(8-17(23)21-15)14(18)4-7-19-9-12(2-3-16(18)19)20(24,10-19)11-22/h5,8,12,14,16,22,24H,2-4,6-7,9-11H2,1H3,(H,21,23). The van der Waals surface area contributed by atoms with Gasteiger partial charge in [0, 0.05) is 11.8 Å². The van der Waals surface area contributed by atoms with Crippen molar-refractivity contribution < 1.29 is 15.0 Å². The van der Waals surface area contributed by atoms with Gasteiger partial charge in [-0.3, -0.25) is 4.79 Å². The fourth-order valence-electron chi connectivity index (χ4n) is 7.43. The van der Waals surface area contributed by atoms with Gasteiger partial charge in [-0.15, -0.1) is 0 Å². The summed E-state index contributed by atoms with van der Waals surface area (Å²) in [4.78, 5) is 11.8. The summed E-state index contributed by atoms with van der Waals surface area (Å²) in [5, 5.41) is 23.7. The Kier molecular flexibility index (Phi) is 2.86. The predicted molar refractivity (Wildman–Crippen MR) is 89.7 cm³/mol. The van der Waals surface area contributed by atoms with Gasteiger partial charge in [0.15, 0.2) is 0 Å². The number of fused-ring (bicyclic) bond motifs is 5. The summed E-state index contributed by atoms with van der Waals surface area (Å²) in [5.41, 5.74) is 1.77. The number of aliphatic hydroxyl groups is 2. The molecular weight excluding hydrogens is 302 g/mol. The number of carbonyl (C=O) groups is 1. The van der Waals surface area contributed by atoms with Gasteiger partial charge >= 0.3 is 0 Å². The van der Waals surface area contributed by atoms with E-state index in [1.54, 1.807) is 0 Å². The highest BCUT2D eigenvalue weighted by atomic mass is 16.3. The monoisotopic (exact) mass is 329 g/mol. The molecule has 0 aromatic rings. The largest absolute Gasteiger partial charge is 0.393 e. The molecule has 3 fully saturated rings. The molecule has 0 aromatic heterocycles. The van der Waals surface area contributed by atoms with Crippen LogP contribution in [-0.4, -0.2) is 28.3 Å². The van der Waals surface area contributed by atoms with Crippen LogP contribution in [0.1, 0.15) is 51.9 Å². The Hall–Kier alpha value is -1.13. The molecule has 24 heavy (non-hydrogen) atoms. The summed E-state index contributed by atoms with van der Waals surface area (Å²) >= 11 is 0. The minimum absolute atomic E-state index is 0.0278. The number of hydrogen-bond donors (Lipinski definition) is 3. The van der Waals surface area contributed by atoms with Gasteiger partial charge in [0.05, 0.1) is 12.2 Å². The van der Waals surface area contributed by atoms with Crippen LogP contribution in [0.5, 0.6) is 0 Å². The summed E-state index contributed by atoms with van der Waals surface area (Å²) in [6, 6.07) is 0. The van der Waals surface area contributed by atoms with Crippen LogP contribution in [0.15, 0.2) is 23.4 Å². The normalized spacial score (nSPS) is 52.0. The van der Waals surface area contributed by atoms with Crippen LogP contribution in [0.4, 0.5) is 0 Å². The van der Waals surface area contributed by atoms with Gasteiger partial charge in [0.2, 0.25) is 5.91 Å². The molecule has 3 saturated carbocycles. The van der Waals surface area contributed by atoms with Gasteiger partial charge in [-0.1, -0.05) is 13.0 Å². The third-order valence-corrected chi connectivity index (χ3v) is 8.39. The van der Waals surface area contributed by atoms with Crippen LogP contribution < -0.4 is 5.32 Å². The number of carbonyl (C=O) groups excluding carboxylic acids is 1. The van der Waals surface area contributed by atoms with Crippen molar-refractivity contribution in [2.24, 2.45) is 28.6 Å². The lowest BCUT2D eigenvalue weighted by Gasteiger charge is -2.59. The van der Waals surface area contributed by atoms with Crippen molar-refractivity contribution in [1.29, 1.82) is 0 Å². The summed E-state index contributed by atoms with van der Waals surface area (Å²) in [6.07, 6.45) is 11.3. The molecule has 1 spiro atoms. The molecular formula is C20H27NO3. The van der Waals surface area contributed by atoms with Gasteiger partial charge < -0.3 is 15.5 Å². The lowest BCUT2D eigenvalue weighted by Crippen LogP contribution is -2.52. The molecule has 0 saturated heterocycles. The van der Waals surface area contributed by atoms with E-state index in [1.807, 2.05) is 6.08 Å².